The monoisotopic (exact) mass is 662 g/mol. The topological polar surface area (TPSA) is 129 Å². The number of ether oxygens (including phenoxy) is 1. The van der Waals surface area contributed by atoms with Crippen LogP contribution in [0.3, 0.4) is 0 Å². The summed E-state index contributed by atoms with van der Waals surface area (Å²) in [4.78, 5) is 45.0. The third-order valence-corrected chi connectivity index (χ3v) is 11.6. The first-order valence-corrected chi connectivity index (χ1v) is 17.5. The number of rotatable bonds is 6. The van der Waals surface area contributed by atoms with E-state index in [1.165, 1.54) is 11.1 Å². The van der Waals surface area contributed by atoms with Gasteiger partial charge in [0.1, 0.15) is 17.7 Å². The SMILES string of the molecule is Cn1cnc(-c2ccc(C3=CCN(C(=O)CN4CC[C@]5(CCN(c6ccc7[nH]nc(N8CCC9(CC8)COC9)c7n6)C5=O)C4)CC3)cc2)n1. The van der Waals surface area contributed by atoms with Crippen LogP contribution in [0.4, 0.5) is 11.6 Å². The highest BCUT2D eigenvalue weighted by Crippen LogP contribution is 2.43. The van der Waals surface area contributed by atoms with Gasteiger partial charge in [-0.15, -0.1) is 0 Å². The molecule has 3 aromatic heterocycles. The number of H-pyrrole nitrogens is 1. The molecule has 49 heavy (non-hydrogen) atoms. The summed E-state index contributed by atoms with van der Waals surface area (Å²) < 4.78 is 7.20. The molecule has 1 atom stereocenters. The lowest BCUT2D eigenvalue weighted by atomic mass is 9.77. The van der Waals surface area contributed by atoms with Crippen molar-refractivity contribution < 1.29 is 14.3 Å². The Morgan fingerprint density at radius 2 is 1.76 bits per heavy atom. The molecule has 0 bridgehead atoms. The van der Waals surface area contributed by atoms with Crippen LogP contribution in [0, 0.1) is 10.8 Å². The average molecular weight is 663 g/mol. The first-order valence-electron chi connectivity index (χ1n) is 17.5. The standard InChI is InChI=1S/C36H42N10O3/c1-42-24-37-32(41-42)27-4-2-25(3-5-27)26-8-14-44(15-9-26)30(47)20-43-16-12-36(21-43)13-19-46(34(36)48)29-7-6-28-31(38-29)33(40-39-28)45-17-10-35(11-18-45)22-49-23-35/h2-8,24H,9-23H2,1H3,(H,39,40)/t36-/m0/s1. The van der Waals surface area contributed by atoms with Crippen molar-refractivity contribution in [1.82, 2.24) is 39.7 Å². The molecule has 4 aromatic rings. The number of benzene rings is 1. The number of amides is 2. The number of likely N-dealkylation sites (tertiary alicyclic amines) is 1. The van der Waals surface area contributed by atoms with E-state index in [9.17, 15) is 9.59 Å². The van der Waals surface area contributed by atoms with Gasteiger partial charge in [0.05, 0.1) is 30.7 Å². The van der Waals surface area contributed by atoms with Gasteiger partial charge >= 0.3 is 0 Å². The van der Waals surface area contributed by atoms with Crippen LogP contribution in [-0.4, -0.2) is 117 Å². The summed E-state index contributed by atoms with van der Waals surface area (Å²) in [5.74, 6) is 2.52. The minimum Gasteiger partial charge on any atom is -0.380 e. The lowest BCUT2D eigenvalue weighted by Gasteiger charge is -2.47. The maximum atomic E-state index is 14.0. The molecule has 13 heteroatoms. The smallest absolute Gasteiger partial charge is 0.237 e. The number of aryl methyl sites for hydroxylation is 1. The number of carbonyl (C=O) groups excluding carboxylic acids is 2. The molecular formula is C36H42N10O3. The van der Waals surface area contributed by atoms with Gasteiger partial charge in [0.2, 0.25) is 11.8 Å². The minimum absolute atomic E-state index is 0.124. The maximum absolute atomic E-state index is 14.0. The molecular weight excluding hydrogens is 620 g/mol. The highest BCUT2D eigenvalue weighted by Gasteiger charge is 2.51. The van der Waals surface area contributed by atoms with Crippen LogP contribution in [0.15, 0.2) is 48.8 Å². The third kappa shape index (κ3) is 5.39. The van der Waals surface area contributed by atoms with Gasteiger partial charge in [-0.1, -0.05) is 30.3 Å². The second-order valence-electron chi connectivity index (χ2n) is 14.7. The van der Waals surface area contributed by atoms with E-state index in [0.717, 1.165) is 87.4 Å². The molecule has 0 radical (unpaired) electrons. The highest BCUT2D eigenvalue weighted by atomic mass is 16.5. The fourth-order valence-electron chi connectivity index (χ4n) is 8.38. The second kappa shape index (κ2) is 11.8. The molecule has 8 heterocycles. The van der Waals surface area contributed by atoms with Crippen molar-refractivity contribution in [3.63, 3.8) is 0 Å². The molecule has 1 aromatic carbocycles. The van der Waals surface area contributed by atoms with Gasteiger partial charge < -0.3 is 14.5 Å². The minimum atomic E-state index is -0.464. The highest BCUT2D eigenvalue weighted by molar-refractivity contribution is 6.01. The summed E-state index contributed by atoms with van der Waals surface area (Å²) in [5, 5.41) is 12.2. The molecule has 0 aliphatic carbocycles. The molecule has 5 aliphatic heterocycles. The summed E-state index contributed by atoms with van der Waals surface area (Å²) in [5.41, 5.74) is 4.99. The summed E-state index contributed by atoms with van der Waals surface area (Å²) in [6.07, 6.45) is 8.42. The molecule has 2 spiro atoms. The first kappa shape index (κ1) is 30.4. The zero-order valence-electron chi connectivity index (χ0n) is 28.0. The Labute approximate surface area is 284 Å². The number of hydrogen-bond acceptors (Lipinski definition) is 9. The number of pyridine rings is 1. The largest absolute Gasteiger partial charge is 0.380 e. The van der Waals surface area contributed by atoms with Gasteiger partial charge in [-0.05, 0) is 61.9 Å². The molecule has 2 amide bonds. The molecule has 4 fully saturated rings. The Bertz CT molecular complexity index is 1940. The van der Waals surface area contributed by atoms with E-state index in [1.54, 1.807) is 11.0 Å². The van der Waals surface area contributed by atoms with E-state index < -0.39 is 5.41 Å². The lowest BCUT2D eigenvalue weighted by Crippen LogP contribution is -2.51. The van der Waals surface area contributed by atoms with Crippen LogP contribution < -0.4 is 9.80 Å². The fraction of sp³-hybridized carbons (Fsp3) is 0.500. The van der Waals surface area contributed by atoms with E-state index in [1.807, 2.05) is 29.0 Å². The van der Waals surface area contributed by atoms with E-state index >= 15 is 0 Å². The molecule has 4 saturated heterocycles. The van der Waals surface area contributed by atoms with E-state index in [2.05, 4.69) is 60.4 Å². The molecule has 5 aliphatic rings. The van der Waals surface area contributed by atoms with Crippen LogP contribution in [0.5, 0.6) is 0 Å². The van der Waals surface area contributed by atoms with Crippen molar-refractivity contribution in [2.24, 2.45) is 17.9 Å². The van der Waals surface area contributed by atoms with Crippen LogP contribution in [0.2, 0.25) is 0 Å². The predicted octanol–water partition coefficient (Wildman–Crippen LogP) is 3.11. The summed E-state index contributed by atoms with van der Waals surface area (Å²) >= 11 is 0. The van der Waals surface area contributed by atoms with Crippen molar-refractivity contribution in [1.29, 1.82) is 0 Å². The lowest BCUT2D eigenvalue weighted by molar-refractivity contribution is -0.132. The first-order chi connectivity index (χ1) is 23.9. The molecule has 9 rings (SSSR count). The normalized spacial score (nSPS) is 24.0. The van der Waals surface area contributed by atoms with Crippen LogP contribution in [0.1, 0.15) is 37.7 Å². The Balaban J connectivity index is 0.813. The molecule has 1 N–H and O–H groups in total. The number of nitrogens with one attached hydrogen (secondary N) is 1. The number of nitrogens with zero attached hydrogens (tertiary/aromatic N) is 9. The number of hydrogen-bond donors (Lipinski definition) is 1. The van der Waals surface area contributed by atoms with Gasteiger partial charge in [0.25, 0.3) is 0 Å². The molecule has 0 saturated carbocycles. The van der Waals surface area contributed by atoms with Crippen molar-refractivity contribution >= 4 is 40.1 Å². The van der Waals surface area contributed by atoms with E-state index in [-0.39, 0.29) is 11.8 Å². The summed E-state index contributed by atoms with van der Waals surface area (Å²) in [7, 11) is 1.86. The number of anilines is 2. The number of aromatic amines is 1. The zero-order chi connectivity index (χ0) is 33.2. The summed E-state index contributed by atoms with van der Waals surface area (Å²) in [6, 6.07) is 12.2. The Kier molecular flexibility index (Phi) is 7.31. The van der Waals surface area contributed by atoms with Gasteiger partial charge in [0, 0.05) is 57.3 Å². The van der Waals surface area contributed by atoms with Crippen LogP contribution >= 0.6 is 0 Å². The number of fused-ring (bicyclic) bond motifs is 1. The number of carbonyl (C=O) groups is 2. The van der Waals surface area contributed by atoms with E-state index in [0.29, 0.717) is 49.8 Å². The number of piperidine rings is 1. The number of aromatic nitrogens is 6. The van der Waals surface area contributed by atoms with Crippen LogP contribution in [-0.2, 0) is 21.4 Å². The zero-order valence-corrected chi connectivity index (χ0v) is 28.0. The molecule has 13 nitrogen and oxygen atoms in total. The van der Waals surface area contributed by atoms with Crippen molar-refractivity contribution in [2.45, 2.75) is 32.1 Å². The molecule has 254 valence electrons. The van der Waals surface area contributed by atoms with Crippen molar-refractivity contribution in [3.05, 3.63) is 54.4 Å². The Hall–Kier alpha value is -4.62. The Morgan fingerprint density at radius 3 is 2.47 bits per heavy atom. The van der Waals surface area contributed by atoms with Gasteiger partial charge in [-0.2, -0.15) is 10.2 Å². The second-order valence-corrected chi connectivity index (χ2v) is 14.7. The van der Waals surface area contributed by atoms with Crippen LogP contribution in [0.25, 0.3) is 28.0 Å². The Morgan fingerprint density at radius 1 is 0.959 bits per heavy atom. The maximum Gasteiger partial charge on any atom is 0.237 e. The summed E-state index contributed by atoms with van der Waals surface area (Å²) in [6.45, 7) is 7.23. The third-order valence-electron chi connectivity index (χ3n) is 11.6. The fourth-order valence-corrected chi connectivity index (χ4v) is 8.38. The van der Waals surface area contributed by atoms with Crippen molar-refractivity contribution in [2.75, 3.05) is 75.4 Å². The van der Waals surface area contributed by atoms with Crippen molar-refractivity contribution in [3.8, 4) is 11.4 Å². The average Bonchev–Trinajstić information content (AvgIpc) is 3.91. The van der Waals surface area contributed by atoms with Gasteiger partial charge in [0.15, 0.2) is 11.6 Å². The quantitative estimate of drug-likeness (QED) is 0.331. The van der Waals surface area contributed by atoms with E-state index in [4.69, 9.17) is 9.72 Å². The molecule has 0 unspecified atom stereocenters. The van der Waals surface area contributed by atoms with Gasteiger partial charge in [-0.3, -0.25) is 29.2 Å². The van der Waals surface area contributed by atoms with Gasteiger partial charge in [-0.25, -0.2) is 9.97 Å². The predicted molar refractivity (Wildman–Crippen MR) is 185 cm³/mol.